The highest BCUT2D eigenvalue weighted by Gasteiger charge is 2.03. The lowest BCUT2D eigenvalue weighted by Gasteiger charge is -1.96. The van der Waals surface area contributed by atoms with Gasteiger partial charge in [-0.15, -0.1) is 0 Å². The fourth-order valence-electron chi connectivity index (χ4n) is 1.29. The van der Waals surface area contributed by atoms with E-state index in [1.807, 2.05) is 19.1 Å². The second kappa shape index (κ2) is 5.95. The zero-order valence-corrected chi connectivity index (χ0v) is 9.69. The Bertz CT molecular complexity index is 413. The number of furan rings is 1. The summed E-state index contributed by atoms with van der Waals surface area (Å²) in [6, 6.07) is 1.81. The molecule has 3 nitrogen and oxygen atoms in total. The third-order valence-electron chi connectivity index (χ3n) is 2.25. The van der Waals surface area contributed by atoms with Gasteiger partial charge in [0.1, 0.15) is 5.76 Å². The third kappa shape index (κ3) is 3.42. The summed E-state index contributed by atoms with van der Waals surface area (Å²) < 4.78 is 5.15. The van der Waals surface area contributed by atoms with Crippen molar-refractivity contribution in [3.63, 3.8) is 0 Å². The number of nitrogens with two attached hydrogens (primary N) is 1. The lowest BCUT2D eigenvalue weighted by molar-refractivity contribution is -0.114. The Balaban J connectivity index is 2.90. The van der Waals surface area contributed by atoms with Crippen molar-refractivity contribution in [3.05, 3.63) is 41.4 Å². The summed E-state index contributed by atoms with van der Waals surface area (Å²) in [5.74, 6) is 0.357. The summed E-state index contributed by atoms with van der Waals surface area (Å²) in [6.07, 6.45) is 9.04. The molecule has 0 unspecified atom stereocenters. The molecule has 0 aliphatic heterocycles. The van der Waals surface area contributed by atoms with E-state index >= 15 is 0 Å². The Kier molecular flexibility index (Phi) is 4.58. The number of hydrogen-bond acceptors (Lipinski definition) is 2. The van der Waals surface area contributed by atoms with Gasteiger partial charge in [-0.1, -0.05) is 25.5 Å². The van der Waals surface area contributed by atoms with Crippen molar-refractivity contribution >= 4 is 12.0 Å². The number of aryl methyl sites for hydroxylation is 1. The monoisotopic (exact) mass is 219 g/mol. The van der Waals surface area contributed by atoms with Gasteiger partial charge in [0.2, 0.25) is 5.91 Å². The summed E-state index contributed by atoms with van der Waals surface area (Å²) in [7, 11) is 0. The molecule has 0 aliphatic carbocycles. The largest absolute Gasteiger partial charge is 0.469 e. The standard InChI is InChI=1S/C13H17NO2/c1-3-4-5-6-12(13(14)15)9-11-7-8-16-10(11)2/h5-9H,3-4H2,1-2H3,(H2,14,15)/b6-5+,12-9+. The van der Waals surface area contributed by atoms with Gasteiger partial charge in [-0.2, -0.15) is 0 Å². The maximum atomic E-state index is 11.2. The fraction of sp³-hybridized carbons (Fsp3) is 0.308. The zero-order chi connectivity index (χ0) is 12.0. The van der Waals surface area contributed by atoms with Crippen LogP contribution in [-0.2, 0) is 4.79 Å². The van der Waals surface area contributed by atoms with Gasteiger partial charge in [0.05, 0.1) is 6.26 Å². The van der Waals surface area contributed by atoms with Crippen LogP contribution in [0.3, 0.4) is 0 Å². The van der Waals surface area contributed by atoms with E-state index in [-0.39, 0.29) is 0 Å². The molecule has 0 radical (unpaired) electrons. The van der Waals surface area contributed by atoms with Gasteiger partial charge in [-0.3, -0.25) is 4.79 Å². The molecule has 0 fully saturated rings. The summed E-state index contributed by atoms with van der Waals surface area (Å²) in [5.41, 5.74) is 6.68. The van der Waals surface area contributed by atoms with E-state index in [0.29, 0.717) is 5.57 Å². The van der Waals surface area contributed by atoms with E-state index in [9.17, 15) is 4.79 Å². The van der Waals surface area contributed by atoms with Gasteiger partial charge in [0, 0.05) is 11.1 Å². The minimum absolute atomic E-state index is 0.423. The van der Waals surface area contributed by atoms with Crippen LogP contribution in [0.25, 0.3) is 6.08 Å². The van der Waals surface area contributed by atoms with Crippen LogP contribution in [0.5, 0.6) is 0 Å². The number of rotatable bonds is 5. The van der Waals surface area contributed by atoms with Crippen LogP contribution >= 0.6 is 0 Å². The highest BCUT2D eigenvalue weighted by molar-refractivity contribution is 5.99. The van der Waals surface area contributed by atoms with E-state index in [4.69, 9.17) is 10.2 Å². The van der Waals surface area contributed by atoms with Crippen LogP contribution in [0.2, 0.25) is 0 Å². The quantitative estimate of drug-likeness (QED) is 0.611. The molecular formula is C13H17NO2. The van der Waals surface area contributed by atoms with Crippen molar-refractivity contribution < 1.29 is 9.21 Å². The predicted octanol–water partition coefficient (Wildman–Crippen LogP) is 2.81. The molecule has 1 heterocycles. The minimum Gasteiger partial charge on any atom is -0.469 e. The fourth-order valence-corrected chi connectivity index (χ4v) is 1.29. The van der Waals surface area contributed by atoms with Gasteiger partial charge < -0.3 is 10.2 Å². The number of hydrogen-bond donors (Lipinski definition) is 1. The van der Waals surface area contributed by atoms with Gasteiger partial charge in [0.25, 0.3) is 0 Å². The van der Waals surface area contributed by atoms with Crippen molar-refractivity contribution in [1.82, 2.24) is 0 Å². The third-order valence-corrected chi connectivity index (χ3v) is 2.25. The SMILES string of the molecule is CCC/C=C/C(=C\c1ccoc1C)C(N)=O. The molecule has 2 N–H and O–H groups in total. The number of allylic oxidation sites excluding steroid dienone is 1. The number of unbranched alkanes of at least 4 members (excludes halogenated alkanes) is 1. The molecule has 0 saturated carbocycles. The molecule has 1 aromatic heterocycles. The molecule has 0 saturated heterocycles. The van der Waals surface area contributed by atoms with Crippen molar-refractivity contribution in [1.29, 1.82) is 0 Å². The van der Waals surface area contributed by atoms with Crippen LogP contribution in [0, 0.1) is 6.92 Å². The van der Waals surface area contributed by atoms with E-state index < -0.39 is 5.91 Å². The topological polar surface area (TPSA) is 56.2 Å². The summed E-state index contributed by atoms with van der Waals surface area (Å²) >= 11 is 0. The molecular weight excluding hydrogens is 202 g/mol. The second-order valence-corrected chi connectivity index (χ2v) is 3.59. The van der Waals surface area contributed by atoms with Gasteiger partial charge >= 0.3 is 0 Å². The average Bonchev–Trinajstić information content (AvgIpc) is 2.63. The number of amides is 1. The Morgan fingerprint density at radius 3 is 2.81 bits per heavy atom. The molecule has 0 bridgehead atoms. The molecule has 0 spiro atoms. The average molecular weight is 219 g/mol. The van der Waals surface area contributed by atoms with E-state index in [2.05, 4.69) is 6.92 Å². The smallest absolute Gasteiger partial charge is 0.248 e. The van der Waals surface area contributed by atoms with Crippen molar-refractivity contribution in [2.24, 2.45) is 5.73 Å². The van der Waals surface area contributed by atoms with E-state index in [1.165, 1.54) is 0 Å². The lowest BCUT2D eigenvalue weighted by Crippen LogP contribution is -2.12. The Morgan fingerprint density at radius 2 is 2.31 bits per heavy atom. The molecule has 3 heteroatoms. The van der Waals surface area contributed by atoms with Crippen LogP contribution in [0.4, 0.5) is 0 Å². The number of primary amides is 1. The molecule has 1 aromatic rings. The Morgan fingerprint density at radius 1 is 1.56 bits per heavy atom. The molecule has 16 heavy (non-hydrogen) atoms. The van der Waals surface area contributed by atoms with Crippen LogP contribution in [0.1, 0.15) is 31.1 Å². The lowest BCUT2D eigenvalue weighted by atomic mass is 10.1. The zero-order valence-electron chi connectivity index (χ0n) is 9.69. The molecule has 0 atom stereocenters. The first-order chi connectivity index (χ1) is 7.65. The number of carbonyl (C=O) groups is 1. The van der Waals surface area contributed by atoms with Gasteiger partial charge in [-0.25, -0.2) is 0 Å². The molecule has 86 valence electrons. The van der Waals surface area contributed by atoms with Crippen molar-refractivity contribution in [3.8, 4) is 0 Å². The summed E-state index contributed by atoms with van der Waals surface area (Å²) in [6.45, 7) is 3.93. The highest BCUT2D eigenvalue weighted by Crippen LogP contribution is 2.14. The van der Waals surface area contributed by atoms with E-state index in [0.717, 1.165) is 24.2 Å². The highest BCUT2D eigenvalue weighted by atomic mass is 16.3. The maximum absolute atomic E-state index is 11.2. The Labute approximate surface area is 95.6 Å². The van der Waals surface area contributed by atoms with Crippen LogP contribution in [0.15, 0.2) is 34.5 Å². The first kappa shape index (κ1) is 12.3. The van der Waals surface area contributed by atoms with Crippen molar-refractivity contribution in [2.75, 3.05) is 0 Å². The van der Waals surface area contributed by atoms with Crippen LogP contribution in [-0.4, -0.2) is 5.91 Å². The normalized spacial score (nSPS) is 12.2. The first-order valence-electron chi connectivity index (χ1n) is 5.37. The Hall–Kier alpha value is -1.77. The minimum atomic E-state index is -0.423. The summed E-state index contributed by atoms with van der Waals surface area (Å²) in [4.78, 5) is 11.2. The summed E-state index contributed by atoms with van der Waals surface area (Å²) in [5, 5.41) is 0. The van der Waals surface area contributed by atoms with Gasteiger partial charge in [0.15, 0.2) is 0 Å². The number of carbonyl (C=O) groups excluding carboxylic acids is 1. The predicted molar refractivity (Wildman–Crippen MR) is 64.7 cm³/mol. The maximum Gasteiger partial charge on any atom is 0.248 e. The van der Waals surface area contributed by atoms with E-state index in [1.54, 1.807) is 18.4 Å². The molecule has 1 amide bonds. The van der Waals surface area contributed by atoms with Crippen LogP contribution < -0.4 is 5.73 Å². The first-order valence-corrected chi connectivity index (χ1v) is 5.37. The van der Waals surface area contributed by atoms with Crippen molar-refractivity contribution in [2.45, 2.75) is 26.7 Å². The molecule has 1 rings (SSSR count). The second-order valence-electron chi connectivity index (χ2n) is 3.59. The van der Waals surface area contributed by atoms with Gasteiger partial charge in [-0.05, 0) is 25.5 Å². The molecule has 0 aromatic carbocycles. The molecule has 0 aliphatic rings.